The smallest absolute Gasteiger partial charge is 0.323 e. The Kier molecular flexibility index (Phi) is 13.8. The number of hydrogen-bond acceptors (Lipinski definition) is 7. The Labute approximate surface area is 275 Å². The van der Waals surface area contributed by atoms with Crippen LogP contribution in [0.25, 0.3) is 0 Å². The molecule has 4 N–H and O–H groups in total. The molecular formula is C35H43N5O7. The van der Waals surface area contributed by atoms with Crippen molar-refractivity contribution in [2.45, 2.75) is 53.5 Å². The van der Waals surface area contributed by atoms with Crippen LogP contribution >= 0.6 is 0 Å². The minimum Gasteiger partial charge on any atom is -0.481 e. The predicted octanol–water partition coefficient (Wildman–Crippen LogP) is 5.42. The van der Waals surface area contributed by atoms with Crippen LogP contribution in [0, 0.1) is 6.92 Å². The maximum Gasteiger partial charge on any atom is 0.323 e. The fourth-order valence-electron chi connectivity index (χ4n) is 4.93. The molecule has 0 aliphatic carbocycles. The predicted molar refractivity (Wildman–Crippen MR) is 182 cm³/mol. The first-order valence-corrected chi connectivity index (χ1v) is 15.7. The van der Waals surface area contributed by atoms with E-state index in [-0.39, 0.29) is 75.9 Å². The molecule has 12 heteroatoms. The van der Waals surface area contributed by atoms with Crippen LogP contribution in [-0.2, 0) is 36.9 Å². The number of carboxylic acids is 1. The lowest BCUT2D eigenvalue weighted by Gasteiger charge is -2.24. The molecule has 0 radical (unpaired) electrons. The summed E-state index contributed by atoms with van der Waals surface area (Å²) in [5.41, 5.74) is 4.92. The van der Waals surface area contributed by atoms with Crippen molar-refractivity contribution in [3.8, 4) is 0 Å². The minimum atomic E-state index is -1.01. The van der Waals surface area contributed by atoms with Gasteiger partial charge in [0.1, 0.15) is 0 Å². The normalized spacial score (nSPS) is 12.1. The summed E-state index contributed by atoms with van der Waals surface area (Å²) in [7, 11) is 0. The molecule has 0 atom stereocenters. The highest BCUT2D eigenvalue weighted by molar-refractivity contribution is 6.00. The summed E-state index contributed by atoms with van der Waals surface area (Å²) in [6.45, 7) is 8.31. The molecule has 3 aromatic rings. The zero-order chi connectivity index (χ0) is 34.3. The average Bonchev–Trinajstić information content (AvgIpc) is 3.17. The van der Waals surface area contributed by atoms with Gasteiger partial charge in [-0.25, -0.2) is 4.79 Å². The SMILES string of the molecule is CC.CCOC(=O)CCN1CC(=O)N(CCC(=O)O)Cc2cc(NC(=O)Cc3ccc(NC(=O)Nc4ccccc4C)cc3)ccc21. The number of carboxylic acid groups (broad SMARTS) is 1. The lowest BCUT2D eigenvalue weighted by molar-refractivity contribution is -0.143. The van der Waals surface area contributed by atoms with Gasteiger partial charge in [0, 0.05) is 42.4 Å². The number of aliphatic carboxylic acids is 1. The van der Waals surface area contributed by atoms with Gasteiger partial charge in [-0.05, 0) is 66.9 Å². The quantitative estimate of drug-likeness (QED) is 0.190. The van der Waals surface area contributed by atoms with E-state index in [0.717, 1.165) is 16.8 Å². The molecule has 47 heavy (non-hydrogen) atoms. The van der Waals surface area contributed by atoms with Crippen molar-refractivity contribution in [2.24, 2.45) is 0 Å². The summed E-state index contributed by atoms with van der Waals surface area (Å²) < 4.78 is 5.03. The van der Waals surface area contributed by atoms with Gasteiger partial charge in [0.2, 0.25) is 11.8 Å². The highest BCUT2D eigenvalue weighted by Gasteiger charge is 2.26. The van der Waals surface area contributed by atoms with Crippen molar-refractivity contribution in [3.05, 3.63) is 83.4 Å². The number of esters is 1. The lowest BCUT2D eigenvalue weighted by Crippen LogP contribution is -2.39. The molecule has 0 unspecified atom stereocenters. The van der Waals surface area contributed by atoms with Gasteiger partial charge in [-0.1, -0.05) is 44.2 Å². The topological polar surface area (TPSA) is 157 Å². The van der Waals surface area contributed by atoms with E-state index in [0.29, 0.717) is 22.6 Å². The number of ether oxygens (including phenoxy) is 1. The third-order valence-electron chi connectivity index (χ3n) is 7.20. The summed E-state index contributed by atoms with van der Waals surface area (Å²) in [6, 6.07) is 19.3. The molecule has 250 valence electrons. The molecule has 0 fully saturated rings. The Balaban J connectivity index is 0.00000294. The number of anilines is 4. The van der Waals surface area contributed by atoms with Gasteiger partial charge in [0.15, 0.2) is 0 Å². The first-order chi connectivity index (χ1) is 22.6. The first-order valence-electron chi connectivity index (χ1n) is 15.7. The average molecular weight is 646 g/mol. The largest absolute Gasteiger partial charge is 0.481 e. The molecule has 0 aromatic heterocycles. The van der Waals surface area contributed by atoms with Gasteiger partial charge in [0.25, 0.3) is 0 Å². The Morgan fingerprint density at radius 1 is 0.830 bits per heavy atom. The van der Waals surface area contributed by atoms with Crippen molar-refractivity contribution in [1.82, 2.24) is 4.90 Å². The minimum absolute atomic E-state index is 0.0177. The molecule has 12 nitrogen and oxygen atoms in total. The van der Waals surface area contributed by atoms with Gasteiger partial charge in [0.05, 0.1) is 32.4 Å². The van der Waals surface area contributed by atoms with Crippen molar-refractivity contribution in [1.29, 1.82) is 0 Å². The highest BCUT2D eigenvalue weighted by atomic mass is 16.5. The maximum absolute atomic E-state index is 13.0. The summed E-state index contributed by atoms with van der Waals surface area (Å²) in [4.78, 5) is 64.7. The van der Waals surface area contributed by atoms with E-state index in [9.17, 15) is 24.0 Å². The van der Waals surface area contributed by atoms with Gasteiger partial charge in [-0.2, -0.15) is 0 Å². The fourth-order valence-corrected chi connectivity index (χ4v) is 4.93. The molecule has 0 saturated carbocycles. The van der Waals surface area contributed by atoms with Gasteiger partial charge >= 0.3 is 18.0 Å². The third kappa shape index (κ3) is 11.2. The summed E-state index contributed by atoms with van der Waals surface area (Å²) in [6.07, 6.45) is -0.0342. The monoisotopic (exact) mass is 645 g/mol. The van der Waals surface area contributed by atoms with Gasteiger partial charge in [-0.3, -0.25) is 19.2 Å². The molecule has 3 aromatic carbocycles. The van der Waals surface area contributed by atoms with Crippen molar-refractivity contribution >= 4 is 52.5 Å². The number of urea groups is 1. The fraction of sp³-hybridized carbons (Fsp3) is 0.343. The van der Waals surface area contributed by atoms with E-state index in [1.54, 1.807) is 54.3 Å². The van der Waals surface area contributed by atoms with Gasteiger partial charge < -0.3 is 35.6 Å². The molecule has 1 aliphatic rings. The summed E-state index contributed by atoms with van der Waals surface area (Å²) >= 11 is 0. The molecule has 4 rings (SSSR count). The van der Waals surface area contributed by atoms with Crippen LogP contribution in [0.5, 0.6) is 0 Å². The van der Waals surface area contributed by atoms with E-state index in [1.165, 1.54) is 4.90 Å². The number of rotatable bonds is 12. The number of fused-ring (bicyclic) bond motifs is 1. The lowest BCUT2D eigenvalue weighted by atomic mass is 10.1. The zero-order valence-electron chi connectivity index (χ0n) is 27.3. The number of carbonyl (C=O) groups excluding carboxylic acids is 4. The first kappa shape index (κ1) is 36.1. The Morgan fingerprint density at radius 2 is 1.51 bits per heavy atom. The molecule has 0 saturated heterocycles. The van der Waals surface area contributed by atoms with Crippen LogP contribution in [0.2, 0.25) is 0 Å². The Morgan fingerprint density at radius 3 is 2.19 bits per heavy atom. The van der Waals surface area contributed by atoms with Crippen LogP contribution in [0.3, 0.4) is 0 Å². The summed E-state index contributed by atoms with van der Waals surface area (Å²) in [5, 5.41) is 17.6. The molecule has 0 bridgehead atoms. The Hall–Kier alpha value is -5.39. The molecular weight excluding hydrogens is 602 g/mol. The molecule has 4 amide bonds. The zero-order valence-corrected chi connectivity index (χ0v) is 27.3. The van der Waals surface area contributed by atoms with Crippen molar-refractivity contribution in [2.75, 3.05) is 47.1 Å². The number of benzene rings is 3. The van der Waals surface area contributed by atoms with Crippen molar-refractivity contribution < 1.29 is 33.8 Å². The second kappa shape index (κ2) is 17.9. The molecule has 1 heterocycles. The van der Waals surface area contributed by atoms with Crippen LogP contribution < -0.4 is 20.9 Å². The van der Waals surface area contributed by atoms with Crippen LogP contribution in [0.15, 0.2) is 66.7 Å². The number of amides is 4. The van der Waals surface area contributed by atoms with E-state index < -0.39 is 5.97 Å². The number of carbonyl (C=O) groups is 5. The second-order valence-corrected chi connectivity index (χ2v) is 10.6. The number of aryl methyl sites for hydroxylation is 1. The number of nitrogens with zero attached hydrogens (tertiary/aromatic N) is 2. The standard InChI is InChI=1S/C33H37N5O7.C2H6/c1-3-45-32(43)15-17-37-21-30(40)38(16-14-31(41)42)20-24-19-26(12-13-28(24)37)34-29(39)18-23-8-10-25(11-9-23)35-33(44)36-27-7-5-4-6-22(27)2;1-2/h4-13,19H,3,14-18,20-21H2,1-2H3,(H,34,39)(H,41,42)(H2,35,36,44);1-2H3. The van der Waals surface area contributed by atoms with E-state index in [4.69, 9.17) is 9.84 Å². The maximum atomic E-state index is 13.0. The van der Waals surface area contributed by atoms with Crippen LogP contribution in [0.4, 0.5) is 27.5 Å². The molecule has 0 spiro atoms. The third-order valence-corrected chi connectivity index (χ3v) is 7.20. The number of nitrogens with one attached hydrogen (secondary N) is 3. The van der Waals surface area contributed by atoms with E-state index in [2.05, 4.69) is 16.0 Å². The number of para-hydroxylation sites is 1. The van der Waals surface area contributed by atoms with E-state index in [1.807, 2.05) is 45.0 Å². The summed E-state index contributed by atoms with van der Waals surface area (Å²) in [5.74, 6) is -1.91. The molecule has 1 aliphatic heterocycles. The number of hydrogen-bond donors (Lipinski definition) is 4. The van der Waals surface area contributed by atoms with Crippen molar-refractivity contribution in [3.63, 3.8) is 0 Å². The highest BCUT2D eigenvalue weighted by Crippen LogP contribution is 2.29. The van der Waals surface area contributed by atoms with Gasteiger partial charge in [-0.15, -0.1) is 0 Å². The second-order valence-electron chi connectivity index (χ2n) is 10.6. The van der Waals surface area contributed by atoms with Crippen LogP contribution in [-0.4, -0.2) is 66.0 Å². The van der Waals surface area contributed by atoms with E-state index >= 15 is 0 Å². The van der Waals surface area contributed by atoms with Crippen LogP contribution in [0.1, 0.15) is 50.3 Å². The Bertz CT molecular complexity index is 1560.